The number of hydrogen-bond donors (Lipinski definition) is 1. The van der Waals surface area contributed by atoms with Gasteiger partial charge in [0.1, 0.15) is 5.52 Å². The number of aromatic nitrogens is 1. The van der Waals surface area contributed by atoms with E-state index in [9.17, 15) is 0 Å². The minimum Gasteiger partial charge on any atom is -0.423 e. The molecule has 1 aromatic carbocycles. The maximum atomic E-state index is 5.92. The topological polar surface area (TPSA) is 55.3 Å². The van der Waals surface area contributed by atoms with Crippen LogP contribution in [0.3, 0.4) is 0 Å². The van der Waals surface area contributed by atoms with Gasteiger partial charge in [0.25, 0.3) is 6.01 Å². The maximum Gasteiger partial charge on any atom is 0.298 e. The van der Waals surface area contributed by atoms with Crippen LogP contribution in [0.1, 0.15) is 4.88 Å². The third-order valence-corrected chi connectivity index (χ3v) is 3.96. The molecule has 98 valence electrons. The monoisotopic (exact) mass is 293 g/mol. The molecule has 2 N–H and O–H groups in total. The summed E-state index contributed by atoms with van der Waals surface area (Å²) in [6.07, 6.45) is 0. The number of nitrogens with two attached hydrogens (primary N) is 1. The van der Waals surface area contributed by atoms with Crippen LogP contribution in [-0.2, 0) is 6.54 Å². The fourth-order valence-corrected chi connectivity index (χ4v) is 2.97. The summed E-state index contributed by atoms with van der Waals surface area (Å²) < 4.78 is 6.48. The molecule has 4 nitrogen and oxygen atoms in total. The van der Waals surface area contributed by atoms with E-state index in [0.717, 1.165) is 20.3 Å². The van der Waals surface area contributed by atoms with Gasteiger partial charge in [0.05, 0.1) is 10.9 Å². The molecule has 0 aliphatic carbocycles. The first-order chi connectivity index (χ1) is 9.11. The number of anilines is 2. The minimum atomic E-state index is 0.574. The summed E-state index contributed by atoms with van der Waals surface area (Å²) in [5.41, 5.74) is 7.91. The van der Waals surface area contributed by atoms with Crippen LogP contribution in [0.25, 0.3) is 11.1 Å². The number of benzene rings is 1. The fourth-order valence-electron chi connectivity index (χ4n) is 1.83. The van der Waals surface area contributed by atoms with E-state index in [1.807, 2.05) is 30.1 Å². The summed E-state index contributed by atoms with van der Waals surface area (Å²) in [4.78, 5) is 7.53. The SMILES string of the molecule is CN(Cc1ccc(Cl)s1)c1nc2cc(N)ccc2o1. The van der Waals surface area contributed by atoms with Gasteiger partial charge in [-0.1, -0.05) is 11.6 Å². The quantitative estimate of drug-likeness (QED) is 0.747. The van der Waals surface area contributed by atoms with Crippen molar-refractivity contribution >= 4 is 45.7 Å². The molecule has 0 saturated carbocycles. The van der Waals surface area contributed by atoms with Crippen LogP contribution in [0.4, 0.5) is 11.7 Å². The number of rotatable bonds is 3. The van der Waals surface area contributed by atoms with Gasteiger partial charge in [-0.3, -0.25) is 0 Å². The highest BCUT2D eigenvalue weighted by Gasteiger charge is 2.11. The first-order valence-electron chi connectivity index (χ1n) is 5.73. The Bertz CT molecular complexity index is 722. The predicted octanol–water partition coefficient (Wildman–Crippen LogP) is 3.76. The molecule has 2 heterocycles. The summed E-state index contributed by atoms with van der Waals surface area (Å²) in [6.45, 7) is 0.708. The Kier molecular flexibility index (Phi) is 3.08. The molecule has 0 bridgehead atoms. The molecule has 0 spiro atoms. The highest BCUT2D eigenvalue weighted by Crippen LogP contribution is 2.26. The molecule has 19 heavy (non-hydrogen) atoms. The standard InChI is InChI=1S/C13H12ClN3OS/c1-17(7-9-3-5-12(14)19-9)13-16-10-6-8(15)2-4-11(10)18-13/h2-6H,7,15H2,1H3. The Morgan fingerprint density at radius 2 is 2.21 bits per heavy atom. The number of oxazole rings is 1. The second kappa shape index (κ2) is 4.75. The van der Waals surface area contributed by atoms with Gasteiger partial charge >= 0.3 is 0 Å². The van der Waals surface area contributed by atoms with E-state index in [-0.39, 0.29) is 0 Å². The lowest BCUT2D eigenvalue weighted by atomic mass is 10.3. The zero-order valence-corrected chi connectivity index (χ0v) is 11.8. The highest BCUT2D eigenvalue weighted by atomic mass is 35.5. The van der Waals surface area contributed by atoms with E-state index in [0.29, 0.717) is 18.2 Å². The Balaban J connectivity index is 1.86. The van der Waals surface area contributed by atoms with Crippen molar-refractivity contribution in [3.8, 4) is 0 Å². The average molecular weight is 294 g/mol. The lowest BCUT2D eigenvalue weighted by molar-refractivity contribution is 0.583. The van der Waals surface area contributed by atoms with Gasteiger partial charge in [0, 0.05) is 17.6 Å². The van der Waals surface area contributed by atoms with E-state index < -0.39 is 0 Å². The summed E-state index contributed by atoms with van der Waals surface area (Å²) in [5, 5.41) is 0. The molecule has 0 radical (unpaired) electrons. The summed E-state index contributed by atoms with van der Waals surface area (Å²) in [6, 6.07) is 9.91. The molecular formula is C13H12ClN3OS. The van der Waals surface area contributed by atoms with Crippen molar-refractivity contribution in [1.29, 1.82) is 0 Å². The largest absolute Gasteiger partial charge is 0.423 e. The Morgan fingerprint density at radius 1 is 1.37 bits per heavy atom. The summed E-state index contributed by atoms with van der Waals surface area (Å²) in [7, 11) is 1.93. The molecule has 0 unspecified atom stereocenters. The lowest BCUT2D eigenvalue weighted by Gasteiger charge is -2.12. The van der Waals surface area contributed by atoms with Crippen LogP contribution in [0.2, 0.25) is 4.34 Å². The van der Waals surface area contributed by atoms with E-state index in [4.69, 9.17) is 21.8 Å². The van der Waals surface area contributed by atoms with E-state index in [1.165, 1.54) is 0 Å². The molecule has 0 atom stereocenters. The summed E-state index contributed by atoms with van der Waals surface area (Å²) >= 11 is 7.47. The van der Waals surface area contributed by atoms with E-state index in [1.54, 1.807) is 23.5 Å². The van der Waals surface area contributed by atoms with Crippen LogP contribution in [0.15, 0.2) is 34.7 Å². The van der Waals surface area contributed by atoms with Gasteiger partial charge in [0.15, 0.2) is 5.58 Å². The lowest BCUT2D eigenvalue weighted by Crippen LogP contribution is -2.15. The number of nitrogens with zero attached hydrogens (tertiary/aromatic N) is 2. The zero-order valence-electron chi connectivity index (χ0n) is 10.3. The van der Waals surface area contributed by atoms with E-state index >= 15 is 0 Å². The molecule has 0 fully saturated rings. The van der Waals surface area contributed by atoms with Crippen molar-refractivity contribution in [2.24, 2.45) is 0 Å². The number of nitrogen functional groups attached to an aromatic ring is 1. The smallest absolute Gasteiger partial charge is 0.298 e. The second-order valence-corrected chi connectivity index (χ2v) is 6.09. The molecule has 0 aliphatic heterocycles. The van der Waals surface area contributed by atoms with Crippen molar-refractivity contribution in [2.45, 2.75) is 6.54 Å². The average Bonchev–Trinajstić information content (AvgIpc) is 2.95. The van der Waals surface area contributed by atoms with Gasteiger partial charge in [-0.15, -0.1) is 11.3 Å². The Morgan fingerprint density at radius 3 is 2.95 bits per heavy atom. The first-order valence-corrected chi connectivity index (χ1v) is 6.93. The van der Waals surface area contributed by atoms with Gasteiger partial charge in [0.2, 0.25) is 0 Å². The van der Waals surface area contributed by atoms with Crippen molar-refractivity contribution < 1.29 is 4.42 Å². The van der Waals surface area contributed by atoms with Crippen molar-refractivity contribution in [3.05, 3.63) is 39.5 Å². The fraction of sp³-hybridized carbons (Fsp3) is 0.154. The molecule has 3 aromatic rings. The Hall–Kier alpha value is -1.72. The van der Waals surface area contributed by atoms with Gasteiger partial charge in [-0.05, 0) is 30.3 Å². The number of thiophene rings is 1. The van der Waals surface area contributed by atoms with Crippen molar-refractivity contribution in [1.82, 2.24) is 4.98 Å². The van der Waals surface area contributed by atoms with Crippen LogP contribution in [-0.4, -0.2) is 12.0 Å². The highest BCUT2D eigenvalue weighted by molar-refractivity contribution is 7.16. The molecule has 0 amide bonds. The van der Waals surface area contributed by atoms with Crippen LogP contribution in [0.5, 0.6) is 0 Å². The van der Waals surface area contributed by atoms with Crippen LogP contribution >= 0.6 is 22.9 Å². The molecule has 0 aliphatic rings. The van der Waals surface area contributed by atoms with Crippen molar-refractivity contribution in [3.63, 3.8) is 0 Å². The third kappa shape index (κ3) is 2.52. The van der Waals surface area contributed by atoms with Crippen LogP contribution in [0, 0.1) is 0 Å². The molecular weight excluding hydrogens is 282 g/mol. The van der Waals surface area contributed by atoms with E-state index in [2.05, 4.69) is 4.98 Å². The second-order valence-electron chi connectivity index (χ2n) is 4.29. The zero-order chi connectivity index (χ0) is 13.4. The normalized spacial score (nSPS) is 11.1. The first kappa shape index (κ1) is 12.3. The number of halogens is 1. The van der Waals surface area contributed by atoms with Gasteiger partial charge in [-0.2, -0.15) is 4.98 Å². The van der Waals surface area contributed by atoms with Gasteiger partial charge < -0.3 is 15.1 Å². The number of hydrogen-bond acceptors (Lipinski definition) is 5. The van der Waals surface area contributed by atoms with Crippen LogP contribution < -0.4 is 10.6 Å². The molecule has 3 rings (SSSR count). The maximum absolute atomic E-state index is 5.92. The summed E-state index contributed by atoms with van der Waals surface area (Å²) in [5.74, 6) is 0. The minimum absolute atomic E-state index is 0.574. The molecule has 0 saturated heterocycles. The molecule has 2 aromatic heterocycles. The van der Waals surface area contributed by atoms with Gasteiger partial charge in [-0.25, -0.2) is 0 Å². The third-order valence-electron chi connectivity index (χ3n) is 2.75. The molecule has 6 heteroatoms. The predicted molar refractivity (Wildman–Crippen MR) is 79.9 cm³/mol. The number of fused-ring (bicyclic) bond motifs is 1. The van der Waals surface area contributed by atoms with Crippen molar-refractivity contribution in [2.75, 3.05) is 17.7 Å². The Labute approximate surface area is 119 Å².